The molecule has 1 saturated heterocycles. The normalized spacial score (nSPS) is 17.0. The van der Waals surface area contributed by atoms with Crippen LogP contribution in [0.15, 0.2) is 18.3 Å². The van der Waals surface area contributed by atoms with E-state index in [4.69, 9.17) is 5.11 Å². The smallest absolute Gasteiger partial charge is 0.354 e. The van der Waals surface area contributed by atoms with Crippen molar-refractivity contribution >= 4 is 21.9 Å². The second kappa shape index (κ2) is 6.41. The van der Waals surface area contributed by atoms with Gasteiger partial charge in [0.15, 0.2) is 0 Å². The Morgan fingerprint density at radius 1 is 1.18 bits per heavy atom. The topological polar surface area (TPSA) is 108 Å². The molecule has 1 aromatic heterocycles. The van der Waals surface area contributed by atoms with E-state index >= 15 is 0 Å². The molecule has 1 aliphatic heterocycles. The van der Waals surface area contributed by atoms with E-state index in [1.165, 1.54) is 22.6 Å². The predicted octanol–water partition coefficient (Wildman–Crippen LogP) is -0.113. The number of carboxylic acids is 1. The lowest BCUT2D eigenvalue weighted by atomic mass is 10.2. The van der Waals surface area contributed by atoms with Crippen LogP contribution in [0.5, 0.6) is 0 Å². The monoisotopic (exact) mass is 327 g/mol. The Morgan fingerprint density at radius 3 is 2.45 bits per heavy atom. The van der Waals surface area contributed by atoms with Crippen LogP contribution in [0, 0.1) is 0 Å². The van der Waals surface area contributed by atoms with Gasteiger partial charge in [0.05, 0.1) is 11.8 Å². The van der Waals surface area contributed by atoms with E-state index in [0.29, 0.717) is 26.1 Å². The fourth-order valence-electron chi connectivity index (χ4n) is 2.26. The van der Waals surface area contributed by atoms with Gasteiger partial charge in [-0.2, -0.15) is 0 Å². The Morgan fingerprint density at radius 2 is 1.91 bits per heavy atom. The lowest BCUT2D eigenvalue weighted by molar-refractivity contribution is 0.0687. The third-order valence-corrected chi connectivity index (χ3v) is 4.74. The first kappa shape index (κ1) is 16.4. The van der Waals surface area contributed by atoms with Crippen LogP contribution in [-0.2, 0) is 10.0 Å². The zero-order valence-electron chi connectivity index (χ0n) is 12.1. The molecule has 22 heavy (non-hydrogen) atoms. The SMILES string of the molecule is CS(=O)(=O)N1CCCN(C(=O)c2ccc(C(=O)O)nc2)CC1. The summed E-state index contributed by atoms with van der Waals surface area (Å²) >= 11 is 0. The van der Waals surface area contributed by atoms with E-state index in [1.54, 1.807) is 4.90 Å². The summed E-state index contributed by atoms with van der Waals surface area (Å²) in [4.78, 5) is 28.4. The maximum atomic E-state index is 12.4. The number of hydrogen-bond donors (Lipinski definition) is 1. The highest BCUT2D eigenvalue weighted by atomic mass is 32.2. The van der Waals surface area contributed by atoms with Gasteiger partial charge in [0.1, 0.15) is 5.69 Å². The second-order valence-electron chi connectivity index (χ2n) is 5.05. The van der Waals surface area contributed by atoms with Gasteiger partial charge in [0.25, 0.3) is 5.91 Å². The van der Waals surface area contributed by atoms with Gasteiger partial charge in [-0.15, -0.1) is 0 Å². The minimum Gasteiger partial charge on any atom is -0.477 e. The number of carbonyl (C=O) groups is 2. The molecule has 1 fully saturated rings. The maximum Gasteiger partial charge on any atom is 0.354 e. The minimum atomic E-state index is -3.26. The summed E-state index contributed by atoms with van der Waals surface area (Å²) < 4.78 is 24.4. The average molecular weight is 327 g/mol. The largest absolute Gasteiger partial charge is 0.477 e. The molecule has 0 aromatic carbocycles. The molecule has 120 valence electrons. The standard InChI is InChI=1S/C13H17N3O5S/c1-22(20,21)16-6-2-5-15(7-8-16)12(17)10-3-4-11(13(18)19)14-9-10/h3-4,9H,2,5-8H2,1H3,(H,18,19). The number of carbonyl (C=O) groups excluding carboxylic acids is 1. The molecule has 0 radical (unpaired) electrons. The molecule has 0 saturated carbocycles. The van der Waals surface area contributed by atoms with Crippen LogP contribution in [0.3, 0.4) is 0 Å². The number of aromatic carboxylic acids is 1. The first-order chi connectivity index (χ1) is 10.3. The predicted molar refractivity (Wildman–Crippen MR) is 78.1 cm³/mol. The van der Waals surface area contributed by atoms with Crippen molar-refractivity contribution < 1.29 is 23.1 Å². The highest BCUT2D eigenvalue weighted by Gasteiger charge is 2.24. The summed E-state index contributed by atoms with van der Waals surface area (Å²) in [7, 11) is -3.26. The molecule has 0 atom stereocenters. The molecule has 1 amide bonds. The lowest BCUT2D eigenvalue weighted by Gasteiger charge is -2.21. The van der Waals surface area contributed by atoms with Crippen molar-refractivity contribution in [1.29, 1.82) is 0 Å². The van der Waals surface area contributed by atoms with Gasteiger partial charge in [-0.05, 0) is 18.6 Å². The van der Waals surface area contributed by atoms with Crippen molar-refractivity contribution in [2.45, 2.75) is 6.42 Å². The Hall–Kier alpha value is -2.00. The summed E-state index contributed by atoms with van der Waals surface area (Å²) in [5.74, 6) is -1.43. The number of carboxylic acid groups (broad SMARTS) is 1. The third kappa shape index (κ3) is 3.80. The number of amides is 1. The highest BCUT2D eigenvalue weighted by Crippen LogP contribution is 2.11. The Balaban J connectivity index is 2.08. The van der Waals surface area contributed by atoms with Crippen LogP contribution >= 0.6 is 0 Å². The van der Waals surface area contributed by atoms with Gasteiger partial charge >= 0.3 is 5.97 Å². The summed E-state index contributed by atoms with van der Waals surface area (Å²) in [6.07, 6.45) is 2.93. The van der Waals surface area contributed by atoms with Crippen LogP contribution in [-0.4, -0.2) is 72.0 Å². The van der Waals surface area contributed by atoms with Crippen molar-refractivity contribution in [3.8, 4) is 0 Å². The molecule has 9 heteroatoms. The summed E-state index contributed by atoms with van der Waals surface area (Å²) in [5.41, 5.74) is 0.161. The maximum absolute atomic E-state index is 12.4. The molecule has 0 aliphatic carbocycles. The average Bonchev–Trinajstić information content (AvgIpc) is 2.72. The molecule has 2 rings (SSSR count). The summed E-state index contributed by atoms with van der Waals surface area (Å²) in [5, 5.41) is 8.79. The van der Waals surface area contributed by atoms with E-state index in [1.807, 2.05) is 0 Å². The van der Waals surface area contributed by atoms with Crippen LogP contribution in [0.25, 0.3) is 0 Å². The molecule has 0 unspecified atom stereocenters. The zero-order chi connectivity index (χ0) is 16.3. The van der Waals surface area contributed by atoms with Crippen LogP contribution in [0.2, 0.25) is 0 Å². The number of sulfonamides is 1. The van der Waals surface area contributed by atoms with E-state index in [0.717, 1.165) is 6.26 Å². The second-order valence-corrected chi connectivity index (χ2v) is 7.03. The van der Waals surface area contributed by atoms with Gasteiger partial charge in [0.2, 0.25) is 10.0 Å². The van der Waals surface area contributed by atoms with Crippen LogP contribution in [0.1, 0.15) is 27.3 Å². The Labute approximate surface area is 128 Å². The number of rotatable bonds is 3. The molecule has 0 spiro atoms. The number of hydrogen-bond acceptors (Lipinski definition) is 5. The molecule has 1 N–H and O–H groups in total. The molecular weight excluding hydrogens is 310 g/mol. The van der Waals surface area contributed by atoms with Crippen molar-refractivity contribution in [2.24, 2.45) is 0 Å². The summed E-state index contributed by atoms with van der Waals surface area (Å²) in [6.45, 7) is 1.39. The van der Waals surface area contributed by atoms with Gasteiger partial charge in [-0.3, -0.25) is 4.79 Å². The number of nitrogens with zero attached hydrogens (tertiary/aromatic N) is 3. The molecular formula is C13H17N3O5S. The minimum absolute atomic E-state index is 0.129. The first-order valence-electron chi connectivity index (χ1n) is 6.73. The molecule has 0 bridgehead atoms. The van der Waals surface area contributed by atoms with Crippen molar-refractivity contribution in [3.63, 3.8) is 0 Å². The molecule has 1 aliphatic rings. The third-order valence-electron chi connectivity index (χ3n) is 3.44. The lowest BCUT2D eigenvalue weighted by Crippen LogP contribution is -2.37. The van der Waals surface area contributed by atoms with E-state index in [9.17, 15) is 18.0 Å². The fourth-order valence-corrected chi connectivity index (χ4v) is 3.13. The fraction of sp³-hybridized carbons (Fsp3) is 0.462. The Kier molecular flexibility index (Phi) is 4.77. The zero-order valence-corrected chi connectivity index (χ0v) is 12.9. The van der Waals surface area contributed by atoms with Gasteiger partial charge < -0.3 is 10.0 Å². The van der Waals surface area contributed by atoms with Gasteiger partial charge in [-0.25, -0.2) is 22.5 Å². The highest BCUT2D eigenvalue weighted by molar-refractivity contribution is 7.88. The van der Waals surface area contributed by atoms with E-state index < -0.39 is 16.0 Å². The van der Waals surface area contributed by atoms with Crippen molar-refractivity contribution in [2.75, 3.05) is 32.4 Å². The van der Waals surface area contributed by atoms with Crippen LogP contribution < -0.4 is 0 Å². The van der Waals surface area contributed by atoms with Crippen molar-refractivity contribution in [3.05, 3.63) is 29.6 Å². The molecule has 2 heterocycles. The quantitative estimate of drug-likeness (QED) is 0.830. The number of aromatic nitrogens is 1. The first-order valence-corrected chi connectivity index (χ1v) is 8.57. The van der Waals surface area contributed by atoms with E-state index in [2.05, 4.69) is 4.98 Å². The van der Waals surface area contributed by atoms with Crippen LogP contribution in [0.4, 0.5) is 0 Å². The van der Waals surface area contributed by atoms with E-state index in [-0.39, 0.29) is 23.7 Å². The molecule has 8 nitrogen and oxygen atoms in total. The number of pyridine rings is 1. The Bertz CT molecular complexity index is 671. The van der Waals surface area contributed by atoms with Crippen molar-refractivity contribution in [1.82, 2.24) is 14.2 Å². The molecule has 1 aromatic rings. The summed E-state index contributed by atoms with van der Waals surface area (Å²) in [6, 6.07) is 2.69. The van der Waals surface area contributed by atoms with Gasteiger partial charge in [0, 0.05) is 32.4 Å². The van der Waals surface area contributed by atoms with Gasteiger partial charge in [-0.1, -0.05) is 0 Å².